The van der Waals surface area contributed by atoms with Crippen molar-refractivity contribution >= 4 is 59.7 Å². The second-order valence-electron chi connectivity index (χ2n) is 37.5. The van der Waals surface area contributed by atoms with Crippen molar-refractivity contribution in [3.63, 3.8) is 0 Å². The highest BCUT2D eigenvalue weighted by Crippen LogP contribution is 2.53. The zero-order valence-electron chi connectivity index (χ0n) is 159. The van der Waals surface area contributed by atoms with Gasteiger partial charge in [0.05, 0.1) is 113 Å². The number of cyclic esters (lactones) is 5. The normalized spacial score (nSPS) is 55.7. The van der Waals surface area contributed by atoms with Crippen molar-refractivity contribution in [2.24, 2.45) is 148 Å². The molecular formula is C120H180O25. The lowest BCUT2D eigenvalue weighted by Gasteiger charge is -2.43. The van der Waals surface area contributed by atoms with Crippen LogP contribution in [0, 0.1) is 148 Å². The number of aliphatic hydroxyl groups excluding tert-OH is 5. The summed E-state index contributed by atoms with van der Waals surface area (Å²) in [7, 11) is 0. The fourth-order valence-electron chi connectivity index (χ4n) is 19.4. The predicted molar refractivity (Wildman–Crippen MR) is 554 cm³/mol. The molecule has 0 aromatic carbocycles. The molecule has 0 amide bonds. The Morgan fingerprint density at radius 1 is 0.352 bits per heavy atom. The Morgan fingerprint density at radius 3 is 0.800 bits per heavy atom. The molecule has 5 heterocycles. The lowest BCUT2D eigenvalue weighted by Crippen LogP contribution is -2.42. The van der Waals surface area contributed by atoms with Gasteiger partial charge in [0.15, 0.2) is 0 Å². The largest absolute Gasteiger partial charge is 0.462 e. The maximum Gasteiger partial charge on any atom is 0.308 e. The highest BCUT2D eigenvalue weighted by atomic mass is 16.6. The van der Waals surface area contributed by atoms with Crippen LogP contribution in [0.2, 0.25) is 0 Å². The molecule has 5 aliphatic heterocycles. The Labute approximate surface area is 975 Å². The second-order valence-corrected chi connectivity index (χ2v) is 37.5. The Hall–Kier alpha value is -8.10. The average Bonchev–Trinajstić information content (AvgIpc) is 0.655. The summed E-state index contributed by atoms with van der Waals surface area (Å²) >= 11 is 0. The second kappa shape index (κ2) is 55.1. The molecule has 5 N–H and O–H groups in total. The number of carbonyl (C=O) groups is 10. The minimum atomic E-state index is -4.32. The first kappa shape index (κ1) is 50.0. The Kier molecular flexibility index (Phi) is 19.0. The van der Waals surface area contributed by atoms with Gasteiger partial charge >= 0.3 is 59.7 Å². The molecule has 145 heavy (non-hydrogen) atoms. The summed E-state index contributed by atoms with van der Waals surface area (Å²) in [6, 6.07) is -14.1. The van der Waals surface area contributed by atoms with Gasteiger partial charge in [-0.25, -0.2) is 0 Å². The number of esters is 10. The SMILES string of the molecule is [2H]C1=C([2H])[C@]([2H])(C)[C@H](CCC2C[C@@H](O)CC(=O)O2)[C@@H]2C1=C([2H])[C@]([2H])(C([2H])([2H])[2H])C([2H])([2H])C2OC(=O)[C@@H](C([2H])([2H])[2H])C([2H])([2H])C([2H])([2H])[2H].[2H]C1=C([2H])[C@]([2H])(C)[C@H](CCC2C[C@@H](O)CC(=O)O2)[C@@H]2C1=C([2H])[C@]([2H])(C([2H])([2H])[2H])C([2H])([2H])C2OC(=O)[C@@]([2H])(C([2H])([2H])[2H])C([2H])([2H])C([2H])([2H])[2H].[2H]C1=C([2H])[C@]([2H])(C)[C@H](CCC2C[C@@H](O)CC(=O)O2)[C@@H]2C1=C([2H])[C@]([2H])(C([2H])([2H])[2H])C([2H])([2H])C2OC(=O)[C@@]([2H])(C)C([2H])([2H])C([2H])([2H])[2H].[2H]C1=C([2H])[C@]([2H])(C)[C@H](CCC2C[C@@H](O)CC(=O)O2)[C@@H]2C1=C([2H])[C@]([2H])(C([2H])([2H])[2H])C([2H])([2H])C2OC(=O)[C@]([2H])(CC)C([2H])([2H])[2H].[2H]C1=C([2H])[C@]([2H])(C)[C@H](CCC2C[C@@H](O)CC(=O)O2)[C@@H]2C1=C([2H])[C@]([2H])(C([2H])([2H])[2H])C([2H])([2H])[C@@H]2OC(=O)[C@@]([2H])(C)CC. The predicted octanol–water partition coefficient (Wildman–Crippen LogP) is 21.0. The molecule has 0 aromatic rings. The van der Waals surface area contributed by atoms with Gasteiger partial charge in [0.2, 0.25) is 0 Å². The van der Waals surface area contributed by atoms with Crippen LogP contribution in [0.4, 0.5) is 0 Å². The molecule has 0 bridgehead atoms. The standard InChI is InChI=1S/5C24H36O5/c5*1-5-15(3)24(27)29-21-11-14(2)10-17-7-6-16(4)20(23(17)21)9-8-19-12-18(25)13-22(26)28-19/h5*6-7,10,14-16,18-21,23,25H,5,8-9,11-13H2,1-4H3/t4*14-,15-,16-,18+,19?,20-,21?,23-;14-,15-,16-,18+,19?,20-,21-,23-/m00000/s1/i1D3,2D3,3D3,5D2,6D,7D,10D,11D2,14D,15D,16D;1D3,2D3,5D2,6D,7D,10D,11D2,14D,15D,16D;1D3,2D3,3D3,5D2,6D,7D,10D,11D2,14D,16D;2D3,3D3,6D,7D,10D,11D2,14D,15D,16D;2D3,6D,7D,10D,11D2,14D,15D,16D. The molecule has 5 fully saturated rings. The van der Waals surface area contributed by atoms with Crippen LogP contribution in [0.25, 0.3) is 0 Å². The van der Waals surface area contributed by atoms with Crippen molar-refractivity contribution in [2.75, 3.05) is 0 Å². The van der Waals surface area contributed by atoms with E-state index in [1.165, 1.54) is 41.5 Å². The van der Waals surface area contributed by atoms with Gasteiger partial charge in [0, 0.05) is 148 Å². The van der Waals surface area contributed by atoms with Crippen LogP contribution in [-0.4, -0.2) is 177 Å². The van der Waals surface area contributed by atoms with Crippen LogP contribution >= 0.6 is 0 Å². The van der Waals surface area contributed by atoms with Gasteiger partial charge in [-0.3, -0.25) is 47.9 Å². The number of carbonyl (C=O) groups excluding carboxylic acids is 10. The lowest BCUT2D eigenvalue weighted by molar-refractivity contribution is -0.162. The molecule has 25 nitrogen and oxygen atoms in total. The molecule has 15 rings (SSSR count). The van der Waals surface area contributed by atoms with Crippen LogP contribution in [0.5, 0.6) is 0 Å². The number of hydrogen-bond acceptors (Lipinski definition) is 25. The maximum atomic E-state index is 13.7. The van der Waals surface area contributed by atoms with Crippen LogP contribution < -0.4 is 0 Å². The molecule has 25 heteroatoms. The van der Waals surface area contributed by atoms with Crippen LogP contribution in [0.3, 0.4) is 0 Å². The van der Waals surface area contributed by atoms with Crippen molar-refractivity contribution in [2.45, 2.75) is 421 Å². The summed E-state index contributed by atoms with van der Waals surface area (Å²) in [5.74, 6) is -72.4. The number of aliphatic hydroxyl groups is 5. The summed E-state index contributed by atoms with van der Waals surface area (Å²) < 4.78 is 700. The Bertz CT molecular complexity index is 8530. The van der Waals surface area contributed by atoms with Gasteiger partial charge in [-0.2, -0.15) is 0 Å². The van der Waals surface area contributed by atoms with Crippen molar-refractivity contribution in [1.82, 2.24) is 0 Å². The summed E-state index contributed by atoms with van der Waals surface area (Å²) in [4.78, 5) is 127. The number of fused-ring (bicyclic) bond motifs is 5. The van der Waals surface area contributed by atoms with Crippen molar-refractivity contribution < 1.29 is 228 Å². The van der Waals surface area contributed by atoms with Crippen molar-refractivity contribution in [3.05, 3.63) is 119 Å². The molecule has 0 aromatic heterocycles. The molecule has 40 atom stereocenters. The van der Waals surface area contributed by atoms with Gasteiger partial charge in [0.1, 0.15) is 61.0 Å². The number of rotatable bonds is 30. The van der Waals surface area contributed by atoms with E-state index in [1.807, 2.05) is 0 Å². The number of allylic oxidation sites excluding steroid dienone is 15. The van der Waals surface area contributed by atoms with E-state index in [4.69, 9.17) is 154 Å². The van der Waals surface area contributed by atoms with Gasteiger partial charge in [-0.05, 0) is 244 Å². The van der Waals surface area contributed by atoms with E-state index < -0.39 is 550 Å². The molecule has 0 spiro atoms. The first-order chi connectivity index (χ1) is 99.4. The molecule has 810 valence electrons. The Balaban J connectivity index is 0.000000254. The third-order valence-electron chi connectivity index (χ3n) is 27.0. The smallest absolute Gasteiger partial charge is 0.308 e. The fraction of sp³-hybridized carbons (Fsp3) is 0.750. The molecule has 0 saturated carbocycles. The zero-order valence-corrected chi connectivity index (χ0v) is 81.5. The van der Waals surface area contributed by atoms with Gasteiger partial charge < -0.3 is 72.9 Å². The van der Waals surface area contributed by atoms with E-state index in [1.54, 1.807) is 0 Å². The van der Waals surface area contributed by atoms with Crippen LogP contribution in [-0.2, 0) is 95.3 Å². The highest BCUT2D eigenvalue weighted by molar-refractivity contribution is 5.76. The van der Waals surface area contributed by atoms with Gasteiger partial charge in [-0.15, -0.1) is 0 Å². The van der Waals surface area contributed by atoms with Crippen LogP contribution in [0.15, 0.2) is 119 Å². The van der Waals surface area contributed by atoms with Crippen molar-refractivity contribution in [1.29, 1.82) is 0 Å². The first-order valence-electron chi connectivity index (χ1n) is 86.9. The Morgan fingerprint density at radius 2 is 0.579 bits per heavy atom. The average molecular weight is 2100 g/mol. The highest BCUT2D eigenvalue weighted by Gasteiger charge is 2.50. The topological polar surface area (TPSA) is 364 Å². The molecule has 10 aliphatic carbocycles. The third kappa shape index (κ3) is 33.0. The summed E-state index contributed by atoms with van der Waals surface area (Å²) in [6.07, 6.45) is -54.9. The van der Waals surface area contributed by atoms with E-state index in [0.29, 0.717) is 6.92 Å². The monoisotopic (exact) mass is 2100 g/mol. The zero-order chi connectivity index (χ0) is 173. The molecule has 5 saturated heterocycles. The number of hydrogen-bond donors (Lipinski definition) is 5. The van der Waals surface area contributed by atoms with Gasteiger partial charge in [-0.1, -0.05) is 228 Å². The quantitative estimate of drug-likeness (QED) is 0.0329. The first-order valence-corrected chi connectivity index (χ1v) is 47.9. The summed E-state index contributed by atoms with van der Waals surface area (Å²) in [5.41, 5.74) is -3.34. The van der Waals surface area contributed by atoms with E-state index in [-0.39, 0.29) is 135 Å². The van der Waals surface area contributed by atoms with E-state index >= 15 is 0 Å². The minimum Gasteiger partial charge on any atom is -0.462 e. The van der Waals surface area contributed by atoms with Crippen molar-refractivity contribution in [3.8, 4) is 0 Å². The van der Waals surface area contributed by atoms with Crippen LogP contribution in [0.1, 0.15) is 437 Å². The lowest BCUT2D eigenvalue weighted by atomic mass is 9.65. The summed E-state index contributed by atoms with van der Waals surface area (Å²) in [6.45, 7) is -30.1. The van der Waals surface area contributed by atoms with E-state index in [2.05, 4.69) is 0 Å². The minimum absolute atomic E-state index is 0.00692. The molecule has 9 unspecified atom stereocenters. The summed E-state index contributed by atoms with van der Waals surface area (Å²) in [5, 5.41) is 50.1. The van der Waals surface area contributed by atoms with E-state index in [9.17, 15) is 73.5 Å². The van der Waals surface area contributed by atoms with Gasteiger partial charge in [0.25, 0.3) is 0 Å². The fourth-order valence-corrected chi connectivity index (χ4v) is 19.4. The molecular weight excluding hydrogens is 1840 g/mol. The molecule has 0 radical (unpaired) electrons. The maximum absolute atomic E-state index is 13.7. The third-order valence-corrected chi connectivity index (χ3v) is 27.0. The number of ether oxygens (including phenoxy) is 10. The molecule has 15 aliphatic rings. The van der Waals surface area contributed by atoms with E-state index in [0.717, 1.165) is 13.8 Å².